The third kappa shape index (κ3) is 29.1. The molecule has 1 saturated carbocycles. The summed E-state index contributed by atoms with van der Waals surface area (Å²) in [6.07, 6.45) is 19.0. The smallest absolute Gasteiger partial charge is 0.277 e. The van der Waals surface area contributed by atoms with Crippen molar-refractivity contribution in [1.29, 1.82) is 0 Å². The summed E-state index contributed by atoms with van der Waals surface area (Å²) in [5.41, 5.74) is 7.40. The minimum absolute atomic E-state index is 0. The molecule has 1 aromatic carbocycles. The number of benzene rings is 1. The molecule has 0 bridgehead atoms. The number of alkyl halides is 1. The number of aryl methyl sites for hydroxylation is 1. The molecule has 5 unspecified atom stereocenters. The molecule has 1 aliphatic heterocycles. The zero-order valence-electron chi connectivity index (χ0n) is 32.4. The van der Waals surface area contributed by atoms with Gasteiger partial charge in [0.25, 0.3) is 8.05 Å². The van der Waals surface area contributed by atoms with E-state index >= 15 is 0 Å². The summed E-state index contributed by atoms with van der Waals surface area (Å²) >= 11 is 1.35. The summed E-state index contributed by atoms with van der Waals surface area (Å²) in [5.74, 6) is 2.22. The third-order valence-corrected chi connectivity index (χ3v) is 9.88. The number of rotatable bonds is 16. The Kier molecular flexibility index (Phi) is 42.3. The van der Waals surface area contributed by atoms with E-state index in [4.69, 9.17) is 15.9 Å². The van der Waals surface area contributed by atoms with Crippen LogP contribution in [0.2, 0.25) is 0 Å². The van der Waals surface area contributed by atoms with Crippen LogP contribution in [0, 0.1) is 24.7 Å². The number of nitrogens with zero attached hydrogens (tertiary/aromatic N) is 1. The first-order valence-corrected chi connectivity index (χ1v) is 19.2. The fourth-order valence-electron chi connectivity index (χ4n) is 5.71. The zero-order valence-corrected chi connectivity index (χ0v) is 36.2. The fourth-order valence-corrected chi connectivity index (χ4v) is 6.30. The predicted molar refractivity (Wildman–Crippen MR) is 212 cm³/mol. The van der Waals surface area contributed by atoms with Gasteiger partial charge >= 0.3 is 0 Å². The number of carbonyl (C=O) groups is 3. The van der Waals surface area contributed by atoms with Gasteiger partial charge in [0.15, 0.2) is 0 Å². The molecular formula is C38H70BCmFN4O5S. The van der Waals surface area contributed by atoms with Crippen molar-refractivity contribution < 1.29 is 28.9 Å². The molecule has 296 valence electrons. The van der Waals surface area contributed by atoms with Gasteiger partial charge in [-0.3, -0.25) is 9.59 Å². The van der Waals surface area contributed by atoms with Crippen LogP contribution < -0.4 is 15.8 Å². The number of anilines is 1. The van der Waals surface area contributed by atoms with Gasteiger partial charge in [0.05, 0.1) is 6.61 Å². The van der Waals surface area contributed by atoms with Crippen LogP contribution in [-0.2, 0) is 14.4 Å². The molecule has 2 aliphatic rings. The van der Waals surface area contributed by atoms with Crippen LogP contribution in [0.1, 0.15) is 111 Å². The molecule has 1 aliphatic carbocycles. The Balaban J connectivity index is -0.000000279. The predicted octanol–water partition coefficient (Wildman–Crippen LogP) is 6.94. The summed E-state index contributed by atoms with van der Waals surface area (Å²) in [5, 5.41) is 17.8. The normalized spacial score (nSPS) is 18.3. The van der Waals surface area contributed by atoms with E-state index in [0.717, 1.165) is 55.5 Å². The summed E-state index contributed by atoms with van der Waals surface area (Å²) in [6, 6.07) is 8.14. The molecule has 3 rings (SSSR count). The van der Waals surface area contributed by atoms with E-state index in [-0.39, 0.29) is 23.8 Å². The average Bonchev–Trinajstić information content (AvgIpc) is 3.51. The molecule has 1 saturated heterocycles. The summed E-state index contributed by atoms with van der Waals surface area (Å²) in [6.45, 7) is 13.4. The van der Waals surface area contributed by atoms with E-state index in [1.807, 2.05) is 65.0 Å². The molecular weight excluding hydrogens is 901 g/mol. The second kappa shape index (κ2) is 39.5. The second-order valence-electron chi connectivity index (χ2n) is 12.3. The Hall–Kier alpha value is -3.25. The minimum Gasteiger partial charge on any atom is -0.461 e. The maximum atomic E-state index is 11.9. The quantitative estimate of drug-likeness (QED) is 0.0519. The van der Waals surface area contributed by atoms with E-state index in [1.54, 1.807) is 6.08 Å². The van der Waals surface area contributed by atoms with Gasteiger partial charge in [-0.2, -0.15) is 0 Å². The SMILES string of the molecule is CC.CC1C(C2CCCCC2)CCN1C.CCC(/C=C\CO)SNC=O.CCC(C=O)CCCC(N)CF.Cc1ccc(NC=O)cc1.[B]O.[Cm]. The Labute approximate surface area is 309 Å². The maximum Gasteiger partial charge on any atom is 0.277 e. The number of halogens is 1. The van der Waals surface area contributed by atoms with E-state index in [2.05, 4.69) is 37.0 Å². The van der Waals surface area contributed by atoms with Crippen molar-refractivity contribution in [2.24, 2.45) is 23.5 Å². The number of aldehydes is 1. The van der Waals surface area contributed by atoms with Crippen LogP contribution in [-0.4, -0.2) is 86.4 Å². The molecule has 1 aromatic rings. The number of carbonyl (C=O) groups excluding carboxylic acids is 3. The number of aliphatic hydroxyl groups excluding tert-OH is 1. The van der Waals surface area contributed by atoms with E-state index in [0.29, 0.717) is 19.2 Å². The van der Waals surface area contributed by atoms with Crippen molar-refractivity contribution in [2.75, 3.05) is 32.2 Å². The van der Waals surface area contributed by atoms with E-state index in [1.165, 1.54) is 62.6 Å². The van der Waals surface area contributed by atoms with E-state index < -0.39 is 6.67 Å². The molecule has 5 atom stereocenters. The summed E-state index contributed by atoms with van der Waals surface area (Å²) in [7, 11) is 5.79. The van der Waals surface area contributed by atoms with Gasteiger partial charge in [0.2, 0.25) is 12.8 Å². The molecule has 9 nitrogen and oxygen atoms in total. The number of amides is 2. The van der Waals surface area contributed by atoms with Crippen LogP contribution in [0.3, 0.4) is 0 Å². The molecule has 13 heteroatoms. The molecule has 1 heterocycles. The molecule has 51 heavy (non-hydrogen) atoms. The van der Waals surface area contributed by atoms with Gasteiger partial charge in [-0.1, -0.05) is 96.1 Å². The number of nitrogens with one attached hydrogen (secondary N) is 2. The van der Waals surface area contributed by atoms with Crippen molar-refractivity contribution in [2.45, 2.75) is 130 Å². The summed E-state index contributed by atoms with van der Waals surface area (Å²) < 4.78 is 14.4. The topological polar surface area (TPSA) is 145 Å². The molecule has 6 N–H and O–H groups in total. The third-order valence-electron chi connectivity index (χ3n) is 8.85. The van der Waals surface area contributed by atoms with Crippen LogP contribution >= 0.6 is 11.9 Å². The molecule has 2 radical (unpaired) electrons. The Morgan fingerprint density at radius 1 is 1.02 bits per heavy atom. The zero-order chi connectivity index (χ0) is 38.6. The Morgan fingerprint density at radius 3 is 2.06 bits per heavy atom. The van der Waals surface area contributed by atoms with Crippen LogP contribution in [0.15, 0.2) is 36.4 Å². The van der Waals surface area contributed by atoms with Crippen LogP contribution in [0.4, 0.5) is 10.1 Å². The first kappa shape index (κ1) is 54.5. The maximum absolute atomic E-state index is 11.9. The van der Waals surface area contributed by atoms with Crippen LogP contribution in [0.5, 0.6) is 0 Å². The molecule has 0 spiro atoms. The van der Waals surface area contributed by atoms with Gasteiger partial charge in [-0.25, -0.2) is 4.39 Å². The first-order chi connectivity index (χ1) is 24.2. The molecule has 2 amide bonds. The van der Waals surface area contributed by atoms with Crippen LogP contribution in [0.25, 0.3) is 0 Å². The largest absolute Gasteiger partial charge is 0.461 e. The number of nitrogens with two attached hydrogens (primary N) is 1. The molecule has 2 fully saturated rings. The standard InChI is InChI=1S/C12H23N.C9H18FNO.C8H9NO.C7H13NO2S.C2H6.BHO.Cm/c1-10-12(8-9-13(10)2)11-6-4-3-5-7-11;1-2-8(7-12)4-3-5-9(11)6-10;1-7-2-4-8(5-3-7)9-6-10;1-2-7(4-3-5-9)11-8-6-10;2*1-2;/h10-12H,3-9H2,1-2H3;7-9H,2-6,11H2,1H3;2-6H,1H3,(H,9,10);3-4,6-7,9H,2,5H2,1H3,(H,8,10);1-2H3;2H;/b;;;4-3-;;;. The van der Waals surface area contributed by atoms with Gasteiger partial charge < -0.3 is 35.6 Å². The average molecular weight is 972 g/mol. The van der Waals surface area contributed by atoms with Gasteiger partial charge in [-0.15, -0.1) is 0 Å². The monoisotopic (exact) mass is 968 g/mol. The van der Waals surface area contributed by atoms with Gasteiger partial charge in [0.1, 0.15) is 13.0 Å². The van der Waals surface area contributed by atoms with Gasteiger partial charge in [0, 0.05) is 28.9 Å². The Morgan fingerprint density at radius 2 is 1.63 bits per heavy atom. The van der Waals surface area contributed by atoms with Crippen molar-refractivity contribution in [1.82, 2.24) is 9.62 Å². The molecule has 0 aromatic heterocycles. The van der Waals surface area contributed by atoms with E-state index in [9.17, 15) is 18.8 Å². The number of hydrogen-bond donors (Lipinski definition) is 5. The second-order valence-corrected chi connectivity index (χ2v) is 13.3. The number of likely N-dealkylation sites (tertiary alicyclic amines) is 1. The Bertz CT molecular complexity index is 936. The van der Waals surface area contributed by atoms with Gasteiger partial charge in [-0.05, 0) is 95.5 Å². The van der Waals surface area contributed by atoms with Crippen molar-refractivity contribution in [3.05, 3.63) is 42.0 Å². The fraction of sp³-hybridized carbons (Fsp3) is 0.711. The number of hydrogen-bond acceptors (Lipinski definition) is 8. The minimum atomic E-state index is -0.460. The number of aliphatic hydroxyl groups is 1. The van der Waals surface area contributed by atoms with Crippen molar-refractivity contribution >= 4 is 44.8 Å². The van der Waals surface area contributed by atoms with Crippen molar-refractivity contribution in [3.8, 4) is 0 Å². The van der Waals surface area contributed by atoms with Crippen molar-refractivity contribution in [3.63, 3.8) is 0 Å². The first-order valence-electron chi connectivity index (χ1n) is 18.3. The summed E-state index contributed by atoms with van der Waals surface area (Å²) in [4.78, 5) is 32.8.